The highest BCUT2D eigenvalue weighted by Gasteiger charge is 2.38. The molecule has 1 aliphatic heterocycles. The molecule has 1 aliphatic rings. The van der Waals surface area contributed by atoms with Crippen LogP contribution in [0.1, 0.15) is 30.1 Å². The third-order valence-electron chi connectivity index (χ3n) is 4.05. The second kappa shape index (κ2) is 8.33. The fourth-order valence-electron chi connectivity index (χ4n) is 2.84. The maximum absolute atomic E-state index is 13.1. The topological polar surface area (TPSA) is 88.1 Å². The SMILES string of the molecule is CCC[C@H]1SC[C@@H](C(=O)[O-])N1C(=O)c1cc(OC)c(OC)c(OC)c1. The van der Waals surface area contributed by atoms with Gasteiger partial charge >= 0.3 is 0 Å². The smallest absolute Gasteiger partial charge is 0.255 e. The molecule has 0 bridgehead atoms. The van der Waals surface area contributed by atoms with E-state index in [0.717, 1.165) is 6.42 Å². The summed E-state index contributed by atoms with van der Waals surface area (Å²) in [6, 6.07) is 2.11. The number of methoxy groups -OCH3 is 3. The number of thioether (sulfide) groups is 1. The van der Waals surface area contributed by atoms with Gasteiger partial charge in [0, 0.05) is 11.3 Å². The van der Waals surface area contributed by atoms with Gasteiger partial charge in [-0.1, -0.05) is 13.3 Å². The van der Waals surface area contributed by atoms with Crippen molar-refractivity contribution in [3.63, 3.8) is 0 Å². The van der Waals surface area contributed by atoms with E-state index in [1.165, 1.54) is 50.1 Å². The van der Waals surface area contributed by atoms with Crippen molar-refractivity contribution < 1.29 is 28.9 Å². The largest absolute Gasteiger partial charge is 0.548 e. The van der Waals surface area contributed by atoms with E-state index in [2.05, 4.69) is 0 Å². The molecule has 0 aromatic heterocycles. The second-order valence-electron chi connectivity index (χ2n) is 5.54. The van der Waals surface area contributed by atoms with E-state index in [-0.39, 0.29) is 10.9 Å². The predicted octanol–water partition coefficient (Wildman–Crippen LogP) is 1.15. The zero-order valence-corrected chi connectivity index (χ0v) is 15.6. The minimum absolute atomic E-state index is 0.195. The number of hydrogen-bond acceptors (Lipinski definition) is 7. The summed E-state index contributed by atoms with van der Waals surface area (Å²) in [5.74, 6) is -0.255. The van der Waals surface area contributed by atoms with Gasteiger partial charge in [-0.2, -0.15) is 0 Å². The summed E-state index contributed by atoms with van der Waals surface area (Å²) in [4.78, 5) is 25.9. The zero-order valence-electron chi connectivity index (χ0n) is 14.7. The molecule has 0 radical (unpaired) electrons. The quantitative estimate of drug-likeness (QED) is 0.713. The summed E-state index contributed by atoms with van der Waals surface area (Å²) in [5.41, 5.74) is 0.282. The summed E-state index contributed by atoms with van der Waals surface area (Å²) in [6.07, 6.45) is 1.56. The molecule has 1 amide bonds. The summed E-state index contributed by atoms with van der Waals surface area (Å²) in [7, 11) is 4.39. The van der Waals surface area contributed by atoms with Gasteiger partial charge in [-0.05, 0) is 18.6 Å². The number of hydrogen-bond donors (Lipinski definition) is 0. The van der Waals surface area contributed by atoms with E-state index < -0.39 is 17.9 Å². The predicted molar refractivity (Wildman–Crippen MR) is 92.2 cm³/mol. The molecular weight excluding hydrogens is 346 g/mol. The van der Waals surface area contributed by atoms with Crippen LogP contribution in [0.25, 0.3) is 0 Å². The number of nitrogens with zero attached hydrogens (tertiary/aromatic N) is 1. The van der Waals surface area contributed by atoms with Gasteiger partial charge in [0.05, 0.1) is 38.7 Å². The molecule has 0 saturated carbocycles. The van der Waals surface area contributed by atoms with Crippen LogP contribution in [0.5, 0.6) is 17.2 Å². The Kier molecular flexibility index (Phi) is 6.41. The van der Waals surface area contributed by atoms with Gasteiger partial charge in [0.1, 0.15) is 0 Å². The first kappa shape index (κ1) is 19.2. The molecule has 2 atom stereocenters. The summed E-state index contributed by atoms with van der Waals surface area (Å²) in [6.45, 7) is 2.00. The summed E-state index contributed by atoms with van der Waals surface area (Å²) < 4.78 is 15.8. The molecule has 1 heterocycles. The van der Waals surface area contributed by atoms with Crippen molar-refractivity contribution in [1.29, 1.82) is 0 Å². The Bertz CT molecular complexity index is 625. The van der Waals surface area contributed by atoms with Gasteiger partial charge in [-0.15, -0.1) is 11.8 Å². The van der Waals surface area contributed by atoms with Gasteiger partial charge in [0.25, 0.3) is 5.91 Å². The Morgan fingerprint density at radius 1 is 1.20 bits per heavy atom. The number of ether oxygens (including phenoxy) is 3. The number of benzene rings is 1. The lowest BCUT2D eigenvalue weighted by Gasteiger charge is -2.30. The van der Waals surface area contributed by atoms with Gasteiger partial charge in [-0.3, -0.25) is 4.79 Å². The lowest BCUT2D eigenvalue weighted by molar-refractivity contribution is -0.310. The van der Waals surface area contributed by atoms with Crippen LogP contribution >= 0.6 is 11.8 Å². The van der Waals surface area contributed by atoms with Crippen LogP contribution in [0.2, 0.25) is 0 Å². The molecular formula is C17H22NO6S-. The van der Waals surface area contributed by atoms with E-state index in [1.807, 2.05) is 6.92 Å². The minimum atomic E-state index is -1.24. The van der Waals surface area contributed by atoms with E-state index in [0.29, 0.717) is 29.4 Å². The molecule has 0 N–H and O–H groups in total. The molecule has 1 aromatic rings. The number of carboxylic acid groups (broad SMARTS) is 1. The van der Waals surface area contributed by atoms with Crippen LogP contribution in [-0.2, 0) is 4.79 Å². The molecule has 1 fully saturated rings. The first-order valence-electron chi connectivity index (χ1n) is 7.93. The number of carbonyl (C=O) groups is 2. The molecule has 2 rings (SSSR count). The lowest BCUT2D eigenvalue weighted by atomic mass is 10.1. The summed E-state index contributed by atoms with van der Waals surface area (Å²) >= 11 is 1.46. The Hall–Kier alpha value is -2.09. The normalized spacial score (nSPS) is 19.6. The average Bonchev–Trinajstić information content (AvgIpc) is 3.03. The number of carboxylic acids is 1. The van der Waals surface area contributed by atoms with E-state index in [1.54, 1.807) is 0 Å². The number of carbonyl (C=O) groups excluding carboxylic acids is 2. The maximum Gasteiger partial charge on any atom is 0.255 e. The highest BCUT2D eigenvalue weighted by molar-refractivity contribution is 8.00. The third-order valence-corrected chi connectivity index (χ3v) is 5.40. The number of aliphatic carboxylic acids is 1. The van der Waals surface area contributed by atoms with Crippen molar-refractivity contribution in [3.05, 3.63) is 17.7 Å². The summed E-state index contributed by atoms with van der Waals surface area (Å²) in [5, 5.41) is 11.3. The maximum atomic E-state index is 13.1. The number of rotatable bonds is 7. The van der Waals surface area contributed by atoms with Gasteiger partial charge in [-0.25, -0.2) is 0 Å². The van der Waals surface area contributed by atoms with Crippen molar-refractivity contribution in [2.24, 2.45) is 0 Å². The van der Waals surface area contributed by atoms with Crippen LogP contribution in [0.4, 0.5) is 0 Å². The van der Waals surface area contributed by atoms with Crippen molar-refractivity contribution in [2.75, 3.05) is 27.1 Å². The minimum Gasteiger partial charge on any atom is -0.548 e. The van der Waals surface area contributed by atoms with E-state index >= 15 is 0 Å². The van der Waals surface area contributed by atoms with Crippen LogP contribution in [0, 0.1) is 0 Å². The average molecular weight is 368 g/mol. The monoisotopic (exact) mass is 368 g/mol. The van der Waals surface area contributed by atoms with Crippen molar-refractivity contribution in [3.8, 4) is 17.2 Å². The van der Waals surface area contributed by atoms with Crippen molar-refractivity contribution in [1.82, 2.24) is 4.90 Å². The Balaban J connectivity index is 2.44. The van der Waals surface area contributed by atoms with Crippen molar-refractivity contribution in [2.45, 2.75) is 31.2 Å². The first-order chi connectivity index (χ1) is 12.0. The molecule has 0 aliphatic carbocycles. The first-order valence-corrected chi connectivity index (χ1v) is 8.98. The van der Waals surface area contributed by atoms with Crippen LogP contribution in [-0.4, -0.2) is 55.3 Å². The Labute approximate surface area is 151 Å². The van der Waals surface area contributed by atoms with Crippen molar-refractivity contribution >= 4 is 23.6 Å². The molecule has 1 saturated heterocycles. The van der Waals surface area contributed by atoms with Gasteiger partial charge < -0.3 is 29.0 Å². The highest BCUT2D eigenvalue weighted by Crippen LogP contribution is 2.40. The van der Waals surface area contributed by atoms with Gasteiger partial charge in [0.2, 0.25) is 5.75 Å². The van der Waals surface area contributed by atoms with E-state index in [9.17, 15) is 14.7 Å². The lowest BCUT2D eigenvalue weighted by Crippen LogP contribution is -2.50. The molecule has 25 heavy (non-hydrogen) atoms. The number of amides is 1. The van der Waals surface area contributed by atoms with E-state index in [4.69, 9.17) is 14.2 Å². The Morgan fingerprint density at radius 2 is 1.80 bits per heavy atom. The standard InChI is InChI=1S/C17H23NO6S/c1-5-6-14-18(11(9-25-14)17(20)21)16(19)10-7-12(22-2)15(24-4)13(8-10)23-3/h7-8,11,14H,5-6,9H2,1-4H3,(H,20,21)/p-1/t11-,14+/m0/s1. The molecule has 0 spiro atoms. The second-order valence-corrected chi connectivity index (χ2v) is 6.75. The molecule has 1 aromatic carbocycles. The van der Waals surface area contributed by atoms with Crippen LogP contribution in [0.15, 0.2) is 12.1 Å². The Morgan fingerprint density at radius 3 is 2.24 bits per heavy atom. The molecule has 8 heteroatoms. The zero-order chi connectivity index (χ0) is 18.6. The fraction of sp³-hybridized carbons (Fsp3) is 0.529. The third kappa shape index (κ3) is 3.78. The van der Waals surface area contributed by atoms with Gasteiger partial charge in [0.15, 0.2) is 11.5 Å². The van der Waals surface area contributed by atoms with Crippen LogP contribution < -0.4 is 19.3 Å². The molecule has 138 valence electrons. The molecule has 7 nitrogen and oxygen atoms in total. The van der Waals surface area contributed by atoms with Crippen LogP contribution in [0.3, 0.4) is 0 Å². The molecule has 0 unspecified atom stereocenters. The fourth-order valence-corrected chi connectivity index (χ4v) is 4.35. The highest BCUT2D eigenvalue weighted by atomic mass is 32.2.